The Kier molecular flexibility index (Phi) is 9.04. The van der Waals surface area contributed by atoms with Crippen LogP contribution in [0, 0.1) is 11.8 Å². The zero-order chi connectivity index (χ0) is 18.6. The molecule has 0 fully saturated rings. The molecule has 1 aromatic carbocycles. The summed E-state index contributed by atoms with van der Waals surface area (Å²) < 4.78 is 2.30. The van der Waals surface area contributed by atoms with Crippen LogP contribution in [0.4, 0.5) is 0 Å². The smallest absolute Gasteiger partial charge is 0.189 e. The van der Waals surface area contributed by atoms with Crippen LogP contribution in [0.1, 0.15) is 77.3 Å². The molecule has 0 aliphatic rings. The molecule has 0 aliphatic heterocycles. The first-order valence-electron chi connectivity index (χ1n) is 10.3. The number of nitrogens with zero attached hydrogens (tertiary/aromatic N) is 1. The van der Waals surface area contributed by atoms with Crippen molar-refractivity contribution in [1.29, 1.82) is 0 Å². The van der Waals surface area contributed by atoms with Crippen LogP contribution in [0.3, 0.4) is 0 Å². The van der Waals surface area contributed by atoms with Crippen LogP contribution < -0.4 is 5.43 Å². The Hall–Kier alpha value is -2.01. The average Bonchev–Trinajstić information content (AvgIpc) is 2.66. The Bertz CT molecular complexity index is 791. The number of unbranched alkanes of at least 4 members (excludes halogenated alkanes) is 6. The van der Waals surface area contributed by atoms with Gasteiger partial charge in [-0.25, -0.2) is 0 Å². The van der Waals surface area contributed by atoms with E-state index >= 15 is 0 Å². The van der Waals surface area contributed by atoms with Gasteiger partial charge in [0, 0.05) is 36.5 Å². The van der Waals surface area contributed by atoms with Crippen LogP contribution in [-0.4, -0.2) is 4.57 Å². The van der Waals surface area contributed by atoms with Gasteiger partial charge in [-0.2, -0.15) is 0 Å². The van der Waals surface area contributed by atoms with Crippen molar-refractivity contribution < 1.29 is 0 Å². The molecule has 140 valence electrons. The van der Waals surface area contributed by atoms with Gasteiger partial charge in [0.15, 0.2) is 5.43 Å². The summed E-state index contributed by atoms with van der Waals surface area (Å²) in [5.74, 6) is 6.62. The van der Waals surface area contributed by atoms with Crippen molar-refractivity contribution in [3.63, 3.8) is 0 Å². The van der Waals surface area contributed by atoms with E-state index in [1.165, 1.54) is 38.5 Å². The Morgan fingerprint density at radius 2 is 1.62 bits per heavy atom. The van der Waals surface area contributed by atoms with Gasteiger partial charge in [-0.3, -0.25) is 4.79 Å². The van der Waals surface area contributed by atoms with E-state index in [1.54, 1.807) is 0 Å². The predicted octanol–water partition coefficient (Wildman–Crippen LogP) is 6.10. The number of benzene rings is 1. The number of rotatable bonds is 10. The van der Waals surface area contributed by atoms with Crippen LogP contribution in [0.2, 0.25) is 0 Å². The number of hydrogen-bond acceptors (Lipinski definition) is 1. The van der Waals surface area contributed by atoms with E-state index in [4.69, 9.17) is 0 Å². The van der Waals surface area contributed by atoms with Gasteiger partial charge in [-0.1, -0.05) is 58.1 Å². The summed E-state index contributed by atoms with van der Waals surface area (Å²) in [6, 6.07) is 9.74. The number of pyridine rings is 1. The summed E-state index contributed by atoms with van der Waals surface area (Å²) in [6.07, 6.45) is 11.6. The van der Waals surface area contributed by atoms with Gasteiger partial charge in [0.2, 0.25) is 0 Å². The Morgan fingerprint density at radius 3 is 2.42 bits per heavy atom. The fourth-order valence-corrected chi connectivity index (χ4v) is 3.43. The van der Waals surface area contributed by atoms with Crippen molar-refractivity contribution in [3.05, 3.63) is 46.2 Å². The third kappa shape index (κ3) is 6.06. The van der Waals surface area contributed by atoms with Gasteiger partial charge in [0.25, 0.3) is 0 Å². The van der Waals surface area contributed by atoms with Gasteiger partial charge in [0.1, 0.15) is 0 Å². The first kappa shape index (κ1) is 20.3. The second kappa shape index (κ2) is 11.6. The van der Waals surface area contributed by atoms with E-state index in [9.17, 15) is 4.79 Å². The number of aryl methyl sites for hydroxylation is 2. The average molecular weight is 352 g/mol. The molecule has 2 aromatic rings. The lowest BCUT2D eigenvalue weighted by Gasteiger charge is -2.15. The van der Waals surface area contributed by atoms with E-state index < -0.39 is 0 Å². The molecule has 1 heterocycles. The van der Waals surface area contributed by atoms with Crippen molar-refractivity contribution in [2.24, 2.45) is 0 Å². The molecule has 0 bridgehead atoms. The Morgan fingerprint density at radius 1 is 0.885 bits per heavy atom. The quantitative estimate of drug-likeness (QED) is 0.374. The fraction of sp³-hybridized carbons (Fsp3) is 0.542. The monoisotopic (exact) mass is 351 g/mol. The molecule has 0 N–H and O–H groups in total. The molecule has 0 saturated carbocycles. The summed E-state index contributed by atoms with van der Waals surface area (Å²) in [7, 11) is 0. The molecule has 26 heavy (non-hydrogen) atoms. The third-order valence-corrected chi connectivity index (χ3v) is 4.84. The van der Waals surface area contributed by atoms with E-state index in [0.29, 0.717) is 0 Å². The van der Waals surface area contributed by atoms with Crippen molar-refractivity contribution in [3.8, 4) is 11.8 Å². The molecule has 0 radical (unpaired) electrons. The van der Waals surface area contributed by atoms with Gasteiger partial charge in [0.05, 0.1) is 5.52 Å². The maximum atomic E-state index is 12.4. The van der Waals surface area contributed by atoms with Gasteiger partial charge >= 0.3 is 0 Å². The van der Waals surface area contributed by atoms with Crippen LogP contribution in [0.25, 0.3) is 10.9 Å². The van der Waals surface area contributed by atoms with Crippen LogP contribution in [0.15, 0.2) is 35.1 Å². The van der Waals surface area contributed by atoms with Crippen LogP contribution >= 0.6 is 0 Å². The first-order chi connectivity index (χ1) is 12.8. The third-order valence-electron chi connectivity index (χ3n) is 4.84. The normalized spacial score (nSPS) is 10.7. The summed E-state index contributed by atoms with van der Waals surface area (Å²) in [4.78, 5) is 12.4. The lowest BCUT2D eigenvalue weighted by Crippen LogP contribution is -2.14. The van der Waals surface area contributed by atoms with Crippen molar-refractivity contribution in [1.82, 2.24) is 4.57 Å². The molecular formula is C24H33NO. The van der Waals surface area contributed by atoms with Crippen LogP contribution in [-0.2, 0) is 13.0 Å². The zero-order valence-corrected chi connectivity index (χ0v) is 16.5. The molecule has 0 unspecified atom stereocenters. The minimum atomic E-state index is 0.128. The molecule has 0 saturated heterocycles. The minimum absolute atomic E-state index is 0.128. The predicted molar refractivity (Wildman–Crippen MR) is 113 cm³/mol. The number of aromatic nitrogens is 1. The summed E-state index contributed by atoms with van der Waals surface area (Å²) in [6.45, 7) is 5.37. The number of hydrogen-bond donors (Lipinski definition) is 0. The highest BCUT2D eigenvalue weighted by Gasteiger charge is 2.07. The molecule has 0 spiro atoms. The standard InChI is InChI=1S/C24H33NO/c1-3-5-6-7-8-9-10-11-12-13-16-21-20-24(26)22-17-14-15-18-23(22)25(21)19-4-2/h14-15,17-18,20H,3-10,13,16,19H2,1-2H3. The fourth-order valence-electron chi connectivity index (χ4n) is 3.43. The second-order valence-corrected chi connectivity index (χ2v) is 7.04. The van der Waals surface area contributed by atoms with Crippen molar-refractivity contribution >= 4 is 10.9 Å². The number of fused-ring (bicyclic) bond motifs is 1. The Labute approximate surface area is 158 Å². The van der Waals surface area contributed by atoms with E-state index in [2.05, 4.69) is 36.3 Å². The van der Waals surface area contributed by atoms with Gasteiger partial charge < -0.3 is 4.57 Å². The van der Waals surface area contributed by atoms with E-state index in [-0.39, 0.29) is 5.43 Å². The van der Waals surface area contributed by atoms with Gasteiger partial charge in [-0.15, -0.1) is 11.8 Å². The lowest BCUT2D eigenvalue weighted by molar-refractivity contribution is 0.613. The summed E-state index contributed by atoms with van der Waals surface area (Å²) in [5, 5.41) is 0.818. The highest BCUT2D eigenvalue weighted by molar-refractivity contribution is 5.79. The molecule has 2 rings (SSSR count). The molecule has 0 atom stereocenters. The lowest BCUT2D eigenvalue weighted by atomic mass is 10.1. The van der Waals surface area contributed by atoms with E-state index in [0.717, 1.165) is 48.8 Å². The molecule has 1 aromatic heterocycles. The van der Waals surface area contributed by atoms with Crippen molar-refractivity contribution in [2.45, 2.75) is 84.6 Å². The highest BCUT2D eigenvalue weighted by Crippen LogP contribution is 2.15. The minimum Gasteiger partial charge on any atom is -0.344 e. The maximum Gasteiger partial charge on any atom is 0.189 e. The molecule has 0 aliphatic carbocycles. The molecule has 2 heteroatoms. The van der Waals surface area contributed by atoms with E-state index in [1.807, 2.05) is 24.3 Å². The largest absolute Gasteiger partial charge is 0.344 e. The zero-order valence-electron chi connectivity index (χ0n) is 16.5. The highest BCUT2D eigenvalue weighted by atomic mass is 16.1. The topological polar surface area (TPSA) is 22.0 Å². The number of para-hydroxylation sites is 1. The summed E-state index contributed by atoms with van der Waals surface area (Å²) >= 11 is 0. The van der Waals surface area contributed by atoms with Gasteiger partial charge in [-0.05, 0) is 31.4 Å². The molecular weight excluding hydrogens is 318 g/mol. The first-order valence-corrected chi connectivity index (χ1v) is 10.3. The Balaban J connectivity index is 1.92. The summed E-state index contributed by atoms with van der Waals surface area (Å²) in [5.41, 5.74) is 2.30. The second-order valence-electron chi connectivity index (χ2n) is 7.04. The van der Waals surface area contributed by atoms with Crippen molar-refractivity contribution in [2.75, 3.05) is 0 Å². The molecule has 0 amide bonds. The molecule has 2 nitrogen and oxygen atoms in total. The van der Waals surface area contributed by atoms with Crippen LogP contribution in [0.5, 0.6) is 0 Å². The maximum absolute atomic E-state index is 12.4. The SMILES string of the molecule is CCCCCCCCC#CCCc1cc(=O)c2ccccc2n1CCC.